The number of nitrogens with one attached hydrogen (secondary N) is 3. The van der Waals surface area contributed by atoms with Crippen LogP contribution >= 0.6 is 0 Å². The number of aromatic nitrogens is 3. The number of amides is 2. The first-order valence-electron chi connectivity index (χ1n) is 24.1. The number of hydrogen-bond acceptors (Lipinski definition) is 11. The highest BCUT2D eigenvalue weighted by molar-refractivity contribution is 5.95. The normalized spacial score (nSPS) is 19.2. The Morgan fingerprint density at radius 1 is 1.10 bits per heavy atom. The van der Waals surface area contributed by atoms with Gasteiger partial charge in [-0.05, 0) is 104 Å². The van der Waals surface area contributed by atoms with Gasteiger partial charge in [0.2, 0.25) is 11.8 Å². The third-order valence-corrected chi connectivity index (χ3v) is 13.9. The fourth-order valence-electron chi connectivity index (χ4n) is 10.3. The number of nitroso groups, excluding NO2 is 1. The molecule has 2 aromatic heterocycles. The minimum atomic E-state index is -0.826. The van der Waals surface area contributed by atoms with Crippen molar-refractivity contribution in [2.24, 2.45) is 17.3 Å². The summed E-state index contributed by atoms with van der Waals surface area (Å²) >= 11 is 0. The summed E-state index contributed by atoms with van der Waals surface area (Å²) < 4.78 is 16.3. The Morgan fingerprint density at radius 2 is 1.88 bits per heavy atom. The number of likely N-dealkylation sites (N-methyl/N-ethyl adjacent to an activating group) is 1. The minimum Gasteiger partial charge on any atom is -0.508 e. The van der Waals surface area contributed by atoms with E-state index in [2.05, 4.69) is 60.2 Å². The molecular formula is C51H70N9O8+. The molecule has 3 aliphatic rings. The van der Waals surface area contributed by atoms with Gasteiger partial charge in [0.1, 0.15) is 28.5 Å². The van der Waals surface area contributed by atoms with Gasteiger partial charge in [-0.15, -0.1) is 5.01 Å². The van der Waals surface area contributed by atoms with Crippen LogP contribution in [-0.4, -0.2) is 123 Å². The van der Waals surface area contributed by atoms with Crippen molar-refractivity contribution in [2.75, 3.05) is 46.9 Å². The van der Waals surface area contributed by atoms with Crippen LogP contribution in [0.4, 0.5) is 0 Å². The standard InChI is InChI=1S/C51H69N9O8/c1-10-45(63)57-19-16-37(29-57)60(66)56(8)46(31(3)4)49(64)52-27-36(32(5)61)22-33-21-35(24-38(62)23-33)34-14-15-43-39(25-34)40(26-51(6,7)30-68-50(65)42-13-12-18-53-55-42)47(58(43)11-2)41-28-54-59-20-17-44(67-9)48(41)59/h10,14-15,21,23-25,28,31,36-37,42,44,46,53,55H,1,11-13,16-20,22,26-27,29-30H2,2-9H3,(H-,52,62,64)/p+1/t36-,37+,42+,44+,46?/m1/s1. The van der Waals surface area contributed by atoms with Gasteiger partial charge in [-0.1, -0.05) is 46.4 Å². The van der Waals surface area contributed by atoms with E-state index in [0.29, 0.717) is 32.4 Å². The number of phenols is 1. The maximum Gasteiger partial charge on any atom is 0.324 e. The smallest absolute Gasteiger partial charge is 0.324 e. The second kappa shape index (κ2) is 21.2. The number of benzene rings is 2. The number of aromatic hydroxyl groups is 1. The molecule has 5 heterocycles. The molecule has 2 saturated heterocycles. The fourth-order valence-corrected chi connectivity index (χ4v) is 10.3. The van der Waals surface area contributed by atoms with Gasteiger partial charge in [0.05, 0.1) is 42.7 Å². The predicted molar refractivity (Wildman–Crippen MR) is 259 cm³/mol. The summed E-state index contributed by atoms with van der Waals surface area (Å²) in [5, 5.41) is 21.4. The lowest BCUT2D eigenvalue weighted by Gasteiger charge is -2.28. The number of hydrogen-bond donors (Lipinski definition) is 4. The Labute approximate surface area is 399 Å². The Bertz CT molecular complexity index is 2540. The topological polar surface area (TPSA) is 192 Å². The number of ether oxygens (including phenoxy) is 2. The summed E-state index contributed by atoms with van der Waals surface area (Å²) in [6.45, 7) is 18.3. The lowest BCUT2D eigenvalue weighted by Crippen LogP contribution is -2.54. The first-order chi connectivity index (χ1) is 32.4. The lowest BCUT2D eigenvalue weighted by atomic mass is 9.84. The van der Waals surface area contributed by atoms with Crippen LogP contribution in [0, 0.1) is 22.2 Å². The zero-order valence-electron chi connectivity index (χ0n) is 41.0. The van der Waals surface area contributed by atoms with E-state index in [-0.39, 0.29) is 67.5 Å². The average Bonchev–Trinajstić information content (AvgIpc) is 4.13. The van der Waals surface area contributed by atoms with Crippen LogP contribution in [0.1, 0.15) is 90.2 Å². The molecule has 0 spiro atoms. The van der Waals surface area contributed by atoms with Crippen LogP contribution in [0.25, 0.3) is 33.3 Å². The Balaban J connectivity index is 1.15. The van der Waals surface area contributed by atoms with Gasteiger partial charge < -0.3 is 29.4 Å². The van der Waals surface area contributed by atoms with Crippen molar-refractivity contribution in [2.45, 2.75) is 117 Å². The van der Waals surface area contributed by atoms with E-state index >= 15 is 0 Å². The summed E-state index contributed by atoms with van der Waals surface area (Å²) in [5.41, 5.74) is 13.2. The number of ketones is 1. The Hall–Kier alpha value is -5.91. The average molecular weight is 937 g/mol. The van der Waals surface area contributed by atoms with Gasteiger partial charge in [0.15, 0.2) is 6.04 Å². The molecule has 7 rings (SSSR count). The molecule has 4 N–H and O–H groups in total. The van der Waals surface area contributed by atoms with E-state index in [1.807, 2.05) is 36.9 Å². The molecule has 1 unspecified atom stereocenters. The maximum atomic E-state index is 13.8. The van der Waals surface area contributed by atoms with Crippen molar-refractivity contribution in [1.29, 1.82) is 0 Å². The van der Waals surface area contributed by atoms with Crippen LogP contribution in [0.2, 0.25) is 0 Å². The summed E-state index contributed by atoms with van der Waals surface area (Å²) in [6, 6.07) is 9.92. The van der Waals surface area contributed by atoms with Crippen molar-refractivity contribution >= 4 is 34.5 Å². The number of Topliss-reactive ketones (excluding diaryl/α,β-unsaturated/α-hetero) is 1. The van der Waals surface area contributed by atoms with Crippen LogP contribution in [0.15, 0.2) is 55.3 Å². The van der Waals surface area contributed by atoms with Crippen LogP contribution < -0.4 is 16.2 Å². The van der Waals surface area contributed by atoms with Crippen molar-refractivity contribution in [3.63, 3.8) is 0 Å². The first kappa shape index (κ1) is 50.0. The van der Waals surface area contributed by atoms with E-state index in [9.17, 15) is 29.2 Å². The molecule has 5 atom stereocenters. The molecule has 0 radical (unpaired) electrons. The molecule has 2 fully saturated rings. The number of esters is 1. The predicted octanol–water partition coefficient (Wildman–Crippen LogP) is 5.66. The molecular weight excluding hydrogens is 867 g/mol. The van der Waals surface area contributed by atoms with E-state index in [1.54, 1.807) is 31.2 Å². The Kier molecular flexibility index (Phi) is 15.6. The van der Waals surface area contributed by atoms with E-state index in [4.69, 9.17) is 14.6 Å². The lowest BCUT2D eigenvalue weighted by molar-refractivity contribution is -0.732. The highest BCUT2D eigenvalue weighted by Gasteiger charge is 2.43. The number of hydrazine groups is 2. The number of rotatable bonds is 20. The van der Waals surface area contributed by atoms with Crippen molar-refractivity contribution in [3.8, 4) is 28.1 Å². The number of carbonyl (C=O) groups excluding carboxylic acids is 4. The highest BCUT2D eigenvalue weighted by Crippen LogP contribution is 2.44. The van der Waals surface area contributed by atoms with Crippen molar-refractivity contribution in [3.05, 3.63) is 77.0 Å². The Morgan fingerprint density at radius 3 is 2.56 bits per heavy atom. The molecule has 17 heteroatoms. The summed E-state index contributed by atoms with van der Waals surface area (Å²) in [4.78, 5) is 68.2. The molecule has 17 nitrogen and oxygen atoms in total. The molecule has 68 heavy (non-hydrogen) atoms. The molecule has 0 bridgehead atoms. The maximum absolute atomic E-state index is 13.8. The second-order valence-electron chi connectivity index (χ2n) is 19.8. The van der Waals surface area contributed by atoms with Crippen LogP contribution in [0.3, 0.4) is 0 Å². The molecule has 2 aromatic carbocycles. The monoisotopic (exact) mass is 937 g/mol. The van der Waals surface area contributed by atoms with Gasteiger partial charge in [-0.25, -0.2) is 5.43 Å². The third-order valence-electron chi connectivity index (χ3n) is 13.9. The quantitative estimate of drug-likeness (QED) is 0.0369. The number of methoxy groups -OCH3 is 1. The van der Waals surface area contributed by atoms with Crippen LogP contribution in [-0.2, 0) is 54.6 Å². The van der Waals surface area contributed by atoms with E-state index in [1.165, 1.54) is 18.0 Å². The van der Waals surface area contributed by atoms with Gasteiger partial charge >= 0.3 is 5.97 Å². The zero-order valence-corrected chi connectivity index (χ0v) is 41.0. The highest BCUT2D eigenvalue weighted by atomic mass is 16.5. The second-order valence-corrected chi connectivity index (χ2v) is 19.8. The van der Waals surface area contributed by atoms with E-state index in [0.717, 1.165) is 80.9 Å². The number of nitrogens with zero attached hydrogens (tertiary/aromatic N) is 6. The largest absolute Gasteiger partial charge is 0.508 e. The number of aryl methyl sites for hydroxylation is 2. The number of carbonyl (C=O) groups is 4. The van der Waals surface area contributed by atoms with E-state index < -0.39 is 29.5 Å². The fraction of sp³-hybridized carbons (Fsp3) is 0.549. The first-order valence-corrected chi connectivity index (χ1v) is 24.1. The van der Waals surface area contributed by atoms with Crippen molar-refractivity contribution < 1.29 is 38.6 Å². The number of likely N-dealkylation sites (tertiary alicyclic amines) is 1. The van der Waals surface area contributed by atoms with Crippen LogP contribution in [0.5, 0.6) is 5.75 Å². The van der Waals surface area contributed by atoms with Gasteiger partial charge in [0, 0.05) is 74.1 Å². The molecule has 366 valence electrons. The SMILES string of the molecule is C=CC(=O)N1CC[C@H]([N+](=O)N(C)C(C(=O)NC[C@@H](Cc2cc(O)cc(-c3ccc4c(c3)c(CC(C)(C)COC(=O)[C@@H]3CCCNN3)c(-c3cnn5c3[C@@H](OC)CC5)n4CC)c2)C(C)=O)C(C)C)C1. The number of fused-ring (bicyclic) bond motifs is 2. The van der Waals surface area contributed by atoms with Gasteiger partial charge in [-0.3, -0.25) is 29.3 Å². The molecule has 3 aliphatic heterocycles. The number of phenolic OH excluding ortho intramolecular Hbond substituents is 1. The summed E-state index contributed by atoms with van der Waals surface area (Å²) in [7, 11) is 3.32. The zero-order chi connectivity index (χ0) is 49.0. The summed E-state index contributed by atoms with van der Waals surface area (Å²) in [5.74, 6) is -1.85. The van der Waals surface area contributed by atoms with Gasteiger partial charge in [0.25, 0.3) is 6.04 Å². The minimum absolute atomic E-state index is 0.0321. The molecule has 0 aliphatic carbocycles. The van der Waals surface area contributed by atoms with Gasteiger partial charge in [-0.2, -0.15) is 5.10 Å². The van der Waals surface area contributed by atoms with Crippen molar-refractivity contribution in [1.82, 2.24) is 40.4 Å². The molecule has 4 aromatic rings. The summed E-state index contributed by atoms with van der Waals surface area (Å²) in [6.07, 6.45) is 6.79. The molecule has 0 saturated carbocycles. The molecule has 2 amide bonds. The third kappa shape index (κ3) is 10.7.